The van der Waals surface area contributed by atoms with E-state index < -0.39 is 0 Å². The van der Waals surface area contributed by atoms with Gasteiger partial charge in [0.05, 0.1) is 11.6 Å². The Labute approximate surface area is 194 Å². The molecule has 1 amide bonds. The fourth-order valence-electron chi connectivity index (χ4n) is 2.88. The van der Waals surface area contributed by atoms with Crippen LogP contribution in [0.15, 0.2) is 23.2 Å². The number of nitrogens with one attached hydrogen (secondary N) is 2. The van der Waals surface area contributed by atoms with Crippen molar-refractivity contribution in [1.82, 2.24) is 15.5 Å². The predicted octanol–water partition coefficient (Wildman–Crippen LogP) is 3.80. The van der Waals surface area contributed by atoms with Gasteiger partial charge in [-0.1, -0.05) is 37.0 Å². The van der Waals surface area contributed by atoms with Crippen molar-refractivity contribution in [1.29, 1.82) is 0 Å². The highest BCUT2D eigenvalue weighted by Gasteiger charge is 2.27. The first-order chi connectivity index (χ1) is 12.9. The Kier molecular flexibility index (Phi) is 11.3. The molecule has 158 valence electrons. The summed E-state index contributed by atoms with van der Waals surface area (Å²) in [6.45, 7) is 6.63. The van der Waals surface area contributed by atoms with Crippen LogP contribution in [0.1, 0.15) is 26.7 Å². The van der Waals surface area contributed by atoms with Gasteiger partial charge in [-0.2, -0.15) is 0 Å². The molecule has 0 aromatic heterocycles. The van der Waals surface area contributed by atoms with Gasteiger partial charge in [0.25, 0.3) is 0 Å². The summed E-state index contributed by atoms with van der Waals surface area (Å²) in [4.78, 5) is 18.2. The minimum atomic E-state index is 0. The second kappa shape index (κ2) is 12.6. The Balaban J connectivity index is 0.00000392. The van der Waals surface area contributed by atoms with Crippen LogP contribution >= 0.6 is 47.2 Å². The highest BCUT2D eigenvalue weighted by atomic mass is 127. The van der Waals surface area contributed by atoms with Gasteiger partial charge >= 0.3 is 0 Å². The number of halogens is 3. The number of carbonyl (C=O) groups excluding carboxylic acids is 1. The minimum Gasteiger partial charge on any atom is -0.492 e. The third-order valence-electron chi connectivity index (χ3n) is 4.32. The average Bonchev–Trinajstić information content (AvgIpc) is 3.09. The number of likely N-dealkylation sites (tertiary alicyclic amines) is 1. The van der Waals surface area contributed by atoms with Crippen LogP contribution in [0.5, 0.6) is 5.75 Å². The summed E-state index contributed by atoms with van der Waals surface area (Å²) < 4.78 is 5.67. The summed E-state index contributed by atoms with van der Waals surface area (Å²) in [6.07, 6.45) is 1.72. The number of amides is 1. The number of carbonyl (C=O) groups is 1. The standard InChI is InChI=1S/C19H28Cl2N4O2.HI/c1-13(2)18(26)25-9-7-15(12-25)24-19(22-3)23-8-4-10-27-17-6-5-14(20)11-16(17)21;/h5-6,11,13,15H,4,7-10,12H2,1-3H3,(H2,22,23,24);1H. The van der Waals surface area contributed by atoms with E-state index in [1.54, 1.807) is 25.2 Å². The van der Waals surface area contributed by atoms with E-state index >= 15 is 0 Å². The summed E-state index contributed by atoms with van der Waals surface area (Å²) in [7, 11) is 1.74. The van der Waals surface area contributed by atoms with E-state index in [1.807, 2.05) is 18.7 Å². The molecular weight excluding hydrogens is 514 g/mol. The Morgan fingerprint density at radius 2 is 2.14 bits per heavy atom. The summed E-state index contributed by atoms with van der Waals surface area (Å²) in [6, 6.07) is 5.41. The molecule has 9 heteroatoms. The quantitative estimate of drug-likeness (QED) is 0.238. The summed E-state index contributed by atoms with van der Waals surface area (Å²) in [5.74, 6) is 1.61. The van der Waals surface area contributed by atoms with Gasteiger partial charge in [0.2, 0.25) is 5.91 Å². The Morgan fingerprint density at radius 1 is 1.39 bits per heavy atom. The number of aliphatic imine (C=N–C) groups is 1. The molecule has 28 heavy (non-hydrogen) atoms. The van der Waals surface area contributed by atoms with E-state index in [0.717, 1.165) is 31.9 Å². The maximum Gasteiger partial charge on any atom is 0.225 e. The lowest BCUT2D eigenvalue weighted by Gasteiger charge is -2.20. The topological polar surface area (TPSA) is 66.0 Å². The molecule has 1 fully saturated rings. The van der Waals surface area contributed by atoms with Crippen LogP contribution in [0.2, 0.25) is 10.0 Å². The SMILES string of the molecule is CN=C(NCCCOc1ccc(Cl)cc1Cl)NC1CCN(C(=O)C(C)C)C1.I. The van der Waals surface area contributed by atoms with E-state index in [0.29, 0.717) is 28.9 Å². The maximum atomic E-state index is 12.1. The fourth-order valence-corrected chi connectivity index (χ4v) is 3.35. The van der Waals surface area contributed by atoms with E-state index in [9.17, 15) is 4.79 Å². The predicted molar refractivity (Wildman–Crippen MR) is 126 cm³/mol. The molecule has 1 saturated heterocycles. The van der Waals surface area contributed by atoms with Gasteiger partial charge in [0.15, 0.2) is 5.96 Å². The number of hydrogen-bond acceptors (Lipinski definition) is 3. The van der Waals surface area contributed by atoms with Crippen LogP contribution in [-0.2, 0) is 4.79 Å². The molecule has 1 aromatic rings. The van der Waals surface area contributed by atoms with E-state index in [1.165, 1.54) is 0 Å². The molecule has 1 aromatic carbocycles. The first-order valence-corrected chi connectivity index (χ1v) is 10.00. The number of hydrogen-bond donors (Lipinski definition) is 2. The highest BCUT2D eigenvalue weighted by molar-refractivity contribution is 14.0. The Hall–Kier alpha value is -0.930. The van der Waals surface area contributed by atoms with Crippen molar-refractivity contribution >= 4 is 59.0 Å². The van der Waals surface area contributed by atoms with Gasteiger partial charge in [0, 0.05) is 43.7 Å². The molecule has 0 aliphatic carbocycles. The fraction of sp³-hybridized carbons (Fsp3) is 0.579. The largest absolute Gasteiger partial charge is 0.492 e. The van der Waals surface area contributed by atoms with Crippen molar-refractivity contribution in [2.24, 2.45) is 10.9 Å². The van der Waals surface area contributed by atoms with Crippen molar-refractivity contribution in [2.45, 2.75) is 32.7 Å². The maximum absolute atomic E-state index is 12.1. The molecule has 0 spiro atoms. The number of guanidine groups is 1. The molecule has 2 N–H and O–H groups in total. The normalized spacial score (nSPS) is 16.7. The second-order valence-corrected chi connectivity index (χ2v) is 7.69. The number of ether oxygens (including phenoxy) is 1. The van der Waals surface area contributed by atoms with Crippen LogP contribution in [0.3, 0.4) is 0 Å². The van der Waals surface area contributed by atoms with E-state index in [4.69, 9.17) is 27.9 Å². The number of rotatable bonds is 7. The summed E-state index contributed by atoms with van der Waals surface area (Å²) in [5.41, 5.74) is 0. The molecule has 1 atom stereocenters. The van der Waals surface area contributed by atoms with Crippen LogP contribution in [-0.4, -0.2) is 56.1 Å². The van der Waals surface area contributed by atoms with Gasteiger partial charge in [-0.25, -0.2) is 0 Å². The Morgan fingerprint density at radius 3 is 2.79 bits per heavy atom. The lowest BCUT2D eigenvalue weighted by molar-refractivity contribution is -0.133. The van der Waals surface area contributed by atoms with Crippen LogP contribution in [0.25, 0.3) is 0 Å². The number of benzene rings is 1. The zero-order chi connectivity index (χ0) is 19.8. The van der Waals surface area contributed by atoms with Crippen LogP contribution in [0.4, 0.5) is 0 Å². The molecule has 2 rings (SSSR count). The molecular formula is C19H29Cl2IN4O2. The smallest absolute Gasteiger partial charge is 0.225 e. The van der Waals surface area contributed by atoms with Crippen LogP contribution < -0.4 is 15.4 Å². The van der Waals surface area contributed by atoms with Gasteiger partial charge in [-0.15, -0.1) is 24.0 Å². The van der Waals surface area contributed by atoms with Crippen molar-refractivity contribution in [2.75, 3.05) is 33.3 Å². The lowest BCUT2D eigenvalue weighted by Crippen LogP contribution is -2.45. The van der Waals surface area contributed by atoms with Crippen molar-refractivity contribution in [3.05, 3.63) is 28.2 Å². The van der Waals surface area contributed by atoms with E-state index in [-0.39, 0.29) is 41.8 Å². The molecule has 1 aliphatic heterocycles. The zero-order valence-corrected chi connectivity index (χ0v) is 20.3. The third kappa shape index (κ3) is 7.83. The Bertz CT molecular complexity index is 673. The molecule has 0 saturated carbocycles. The van der Waals surface area contributed by atoms with Crippen molar-refractivity contribution in [3.8, 4) is 5.75 Å². The van der Waals surface area contributed by atoms with Gasteiger partial charge in [0.1, 0.15) is 5.75 Å². The lowest BCUT2D eigenvalue weighted by atomic mass is 10.2. The minimum absolute atomic E-state index is 0. The van der Waals surface area contributed by atoms with Crippen LogP contribution in [0, 0.1) is 5.92 Å². The second-order valence-electron chi connectivity index (χ2n) is 6.84. The van der Waals surface area contributed by atoms with Gasteiger partial charge < -0.3 is 20.3 Å². The molecule has 6 nitrogen and oxygen atoms in total. The first kappa shape index (κ1) is 25.1. The molecule has 0 bridgehead atoms. The third-order valence-corrected chi connectivity index (χ3v) is 4.85. The number of nitrogens with zero attached hydrogens (tertiary/aromatic N) is 2. The zero-order valence-electron chi connectivity index (χ0n) is 16.5. The summed E-state index contributed by atoms with van der Waals surface area (Å²) >= 11 is 12.0. The average molecular weight is 543 g/mol. The molecule has 1 heterocycles. The van der Waals surface area contributed by atoms with Crippen molar-refractivity contribution in [3.63, 3.8) is 0 Å². The van der Waals surface area contributed by atoms with Crippen molar-refractivity contribution < 1.29 is 9.53 Å². The molecule has 0 radical (unpaired) electrons. The monoisotopic (exact) mass is 542 g/mol. The molecule has 1 unspecified atom stereocenters. The highest BCUT2D eigenvalue weighted by Crippen LogP contribution is 2.27. The van der Waals surface area contributed by atoms with E-state index in [2.05, 4.69) is 15.6 Å². The molecule has 1 aliphatic rings. The van der Waals surface area contributed by atoms with Gasteiger partial charge in [-0.3, -0.25) is 9.79 Å². The summed E-state index contributed by atoms with van der Waals surface area (Å²) in [5, 5.41) is 7.75. The van der Waals surface area contributed by atoms with Gasteiger partial charge in [-0.05, 0) is 31.0 Å². The first-order valence-electron chi connectivity index (χ1n) is 9.24.